The van der Waals surface area contributed by atoms with Crippen molar-refractivity contribution < 1.29 is 23.4 Å². The number of hydrogen-bond donors (Lipinski definition) is 1. The summed E-state index contributed by atoms with van der Waals surface area (Å²) in [4.78, 5) is 10.5. The van der Waals surface area contributed by atoms with Crippen LogP contribution in [0.5, 0.6) is 5.75 Å². The molecule has 0 saturated heterocycles. The van der Waals surface area contributed by atoms with Crippen molar-refractivity contribution in [1.82, 2.24) is 0 Å². The molecule has 1 fully saturated rings. The van der Waals surface area contributed by atoms with Gasteiger partial charge in [0.1, 0.15) is 5.75 Å². The lowest BCUT2D eigenvalue weighted by atomic mass is 10.2. The summed E-state index contributed by atoms with van der Waals surface area (Å²) in [5, 5.41) is 8.59. The number of carbonyl (C=O) groups is 1. The Hall–Kier alpha value is -1.65. The summed E-state index contributed by atoms with van der Waals surface area (Å²) in [5.41, 5.74) is 0.102. The maximum absolute atomic E-state index is 12.5. The first-order chi connectivity index (χ1) is 6.99. The van der Waals surface area contributed by atoms with Gasteiger partial charge in [-0.1, -0.05) is 0 Å². The van der Waals surface area contributed by atoms with Crippen molar-refractivity contribution in [2.75, 3.05) is 0 Å². The van der Waals surface area contributed by atoms with Gasteiger partial charge in [0, 0.05) is 0 Å². The van der Waals surface area contributed by atoms with E-state index in [1.54, 1.807) is 0 Å². The first-order valence-corrected chi connectivity index (χ1v) is 4.37. The molecule has 0 aliphatic heterocycles. The molecule has 80 valence electrons. The second-order valence-electron chi connectivity index (χ2n) is 3.40. The molecule has 0 amide bonds. The first-order valence-electron chi connectivity index (χ1n) is 4.37. The summed E-state index contributed by atoms with van der Waals surface area (Å²) < 4.78 is 29.9. The molecule has 15 heavy (non-hydrogen) atoms. The number of ether oxygens (including phenoxy) is 1. The Morgan fingerprint density at radius 1 is 1.40 bits per heavy atom. The fourth-order valence-corrected chi connectivity index (χ4v) is 1.16. The number of alkyl halides is 2. The molecule has 3 nitrogen and oxygen atoms in total. The van der Waals surface area contributed by atoms with Gasteiger partial charge in [-0.25, -0.2) is 13.6 Å². The minimum atomic E-state index is -2.73. The summed E-state index contributed by atoms with van der Waals surface area (Å²) in [6.07, 6.45) is -1.33. The third kappa shape index (κ3) is 2.06. The van der Waals surface area contributed by atoms with Crippen LogP contribution in [0.1, 0.15) is 16.8 Å². The van der Waals surface area contributed by atoms with E-state index in [4.69, 9.17) is 9.84 Å². The first kappa shape index (κ1) is 9.89. The van der Waals surface area contributed by atoms with Gasteiger partial charge in [0.2, 0.25) is 0 Å². The van der Waals surface area contributed by atoms with Crippen LogP contribution in [0.2, 0.25) is 0 Å². The fraction of sp³-hybridized carbons (Fsp3) is 0.300. The largest absolute Gasteiger partial charge is 0.484 e. The van der Waals surface area contributed by atoms with Gasteiger partial charge in [0.15, 0.2) is 6.10 Å². The summed E-state index contributed by atoms with van der Waals surface area (Å²) in [5.74, 6) is -3.52. The van der Waals surface area contributed by atoms with Crippen LogP contribution < -0.4 is 4.74 Å². The van der Waals surface area contributed by atoms with Gasteiger partial charge < -0.3 is 9.84 Å². The third-order valence-electron chi connectivity index (χ3n) is 2.15. The lowest BCUT2D eigenvalue weighted by Gasteiger charge is -2.04. The molecule has 0 heterocycles. The number of benzene rings is 1. The molecular formula is C10H8F2O3. The lowest BCUT2D eigenvalue weighted by molar-refractivity contribution is 0.0660. The van der Waals surface area contributed by atoms with E-state index in [-0.39, 0.29) is 17.7 Å². The molecule has 1 aromatic carbocycles. The summed E-state index contributed by atoms with van der Waals surface area (Å²) in [6.45, 7) is 0. The molecule has 1 saturated carbocycles. The SMILES string of the molecule is O=C(O)c1ccc(O[C@@H]2CC2(F)F)cc1. The van der Waals surface area contributed by atoms with Gasteiger partial charge in [0.25, 0.3) is 5.92 Å². The van der Waals surface area contributed by atoms with E-state index < -0.39 is 18.0 Å². The summed E-state index contributed by atoms with van der Waals surface area (Å²) >= 11 is 0. The predicted molar refractivity (Wildman–Crippen MR) is 47.4 cm³/mol. The molecule has 0 unspecified atom stereocenters. The van der Waals surface area contributed by atoms with E-state index in [0.29, 0.717) is 0 Å². The van der Waals surface area contributed by atoms with E-state index >= 15 is 0 Å². The van der Waals surface area contributed by atoms with Crippen LogP contribution >= 0.6 is 0 Å². The average Bonchev–Trinajstić information content (AvgIpc) is 2.74. The molecule has 0 aromatic heterocycles. The topological polar surface area (TPSA) is 46.5 Å². The zero-order valence-electron chi connectivity index (χ0n) is 7.61. The monoisotopic (exact) mass is 214 g/mol. The molecule has 1 aromatic rings. The van der Waals surface area contributed by atoms with Crippen LogP contribution in [0.4, 0.5) is 8.78 Å². The number of carboxylic acids is 1. The minimum absolute atomic E-state index is 0.102. The van der Waals surface area contributed by atoms with Crippen LogP contribution in [0.25, 0.3) is 0 Å². The van der Waals surface area contributed by atoms with E-state index in [1.807, 2.05) is 0 Å². The van der Waals surface area contributed by atoms with Crippen molar-refractivity contribution in [1.29, 1.82) is 0 Å². The van der Waals surface area contributed by atoms with Crippen molar-refractivity contribution in [2.45, 2.75) is 18.4 Å². The molecule has 1 aliphatic rings. The zero-order valence-corrected chi connectivity index (χ0v) is 7.61. The highest BCUT2D eigenvalue weighted by Crippen LogP contribution is 2.44. The Morgan fingerprint density at radius 2 is 1.93 bits per heavy atom. The van der Waals surface area contributed by atoms with E-state index in [1.165, 1.54) is 24.3 Å². The standard InChI is InChI=1S/C10H8F2O3/c11-10(12)5-8(10)15-7-3-1-6(2-4-7)9(13)14/h1-4,8H,5H2,(H,13,14)/t8-/m1/s1. The number of rotatable bonds is 3. The van der Waals surface area contributed by atoms with Crippen molar-refractivity contribution in [3.05, 3.63) is 29.8 Å². The quantitative estimate of drug-likeness (QED) is 0.838. The molecule has 0 bridgehead atoms. The van der Waals surface area contributed by atoms with Crippen LogP contribution in [-0.4, -0.2) is 23.1 Å². The van der Waals surface area contributed by atoms with Crippen molar-refractivity contribution >= 4 is 5.97 Å². The van der Waals surface area contributed by atoms with Crippen molar-refractivity contribution in [3.8, 4) is 5.75 Å². The maximum Gasteiger partial charge on any atom is 0.335 e. The van der Waals surface area contributed by atoms with Gasteiger partial charge in [-0.2, -0.15) is 0 Å². The van der Waals surface area contributed by atoms with Crippen LogP contribution in [-0.2, 0) is 0 Å². The Morgan fingerprint density at radius 3 is 2.33 bits per heavy atom. The Balaban J connectivity index is 2.02. The number of halogens is 2. The van der Waals surface area contributed by atoms with Gasteiger partial charge in [-0.3, -0.25) is 0 Å². The smallest absolute Gasteiger partial charge is 0.335 e. The highest BCUT2D eigenvalue weighted by molar-refractivity contribution is 5.87. The normalized spacial score (nSPS) is 22.1. The Labute approximate surface area is 84.3 Å². The highest BCUT2D eigenvalue weighted by Gasteiger charge is 2.59. The molecule has 1 N–H and O–H groups in total. The van der Waals surface area contributed by atoms with Crippen LogP contribution in [0.3, 0.4) is 0 Å². The van der Waals surface area contributed by atoms with E-state index in [0.717, 1.165) is 0 Å². The van der Waals surface area contributed by atoms with Crippen LogP contribution in [0, 0.1) is 0 Å². The second kappa shape index (κ2) is 3.18. The fourth-order valence-electron chi connectivity index (χ4n) is 1.16. The Bertz CT molecular complexity index is 386. The summed E-state index contributed by atoms with van der Waals surface area (Å²) in [7, 11) is 0. The molecule has 1 aliphatic carbocycles. The highest BCUT2D eigenvalue weighted by atomic mass is 19.3. The van der Waals surface area contributed by atoms with Crippen molar-refractivity contribution in [2.24, 2.45) is 0 Å². The molecule has 0 radical (unpaired) electrons. The maximum atomic E-state index is 12.5. The molecule has 0 spiro atoms. The van der Waals surface area contributed by atoms with Crippen LogP contribution in [0.15, 0.2) is 24.3 Å². The van der Waals surface area contributed by atoms with E-state index in [2.05, 4.69) is 0 Å². The molecule has 2 rings (SSSR count). The number of hydrogen-bond acceptors (Lipinski definition) is 2. The molecule has 5 heteroatoms. The molecule has 1 atom stereocenters. The zero-order chi connectivity index (χ0) is 11.1. The summed E-state index contributed by atoms with van der Waals surface area (Å²) in [6, 6.07) is 5.38. The number of aromatic carboxylic acids is 1. The molecular weight excluding hydrogens is 206 g/mol. The van der Waals surface area contributed by atoms with Gasteiger partial charge >= 0.3 is 5.97 Å². The average molecular weight is 214 g/mol. The van der Waals surface area contributed by atoms with Gasteiger partial charge in [-0.05, 0) is 24.3 Å². The van der Waals surface area contributed by atoms with E-state index in [9.17, 15) is 13.6 Å². The number of carboxylic acid groups (broad SMARTS) is 1. The van der Waals surface area contributed by atoms with Gasteiger partial charge in [-0.15, -0.1) is 0 Å². The predicted octanol–water partition coefficient (Wildman–Crippen LogP) is 2.17. The minimum Gasteiger partial charge on any atom is -0.484 e. The van der Waals surface area contributed by atoms with Crippen molar-refractivity contribution in [3.63, 3.8) is 0 Å². The third-order valence-corrected chi connectivity index (χ3v) is 2.15. The van der Waals surface area contributed by atoms with Gasteiger partial charge in [0.05, 0.1) is 12.0 Å². The lowest BCUT2D eigenvalue weighted by Crippen LogP contribution is -2.07. The Kier molecular flexibility index (Phi) is 2.10. The second-order valence-corrected chi connectivity index (χ2v) is 3.40.